The topological polar surface area (TPSA) is 70.8 Å². The lowest BCUT2D eigenvalue weighted by Gasteiger charge is -2.26. The van der Waals surface area contributed by atoms with Crippen LogP contribution in [-0.4, -0.2) is 21.7 Å². The van der Waals surface area contributed by atoms with Crippen molar-refractivity contribution in [3.63, 3.8) is 0 Å². The van der Waals surface area contributed by atoms with Gasteiger partial charge < -0.3 is 14.4 Å². The highest BCUT2D eigenvalue weighted by molar-refractivity contribution is 9.10. The van der Waals surface area contributed by atoms with E-state index in [0.29, 0.717) is 16.2 Å². The summed E-state index contributed by atoms with van der Waals surface area (Å²) in [6, 6.07) is 17.0. The SMILES string of the molecule is O=C(C1=C(O)C(=O)N(Cc2cccs2)C1c1ccc(Cl)cc1)c1cc2cc(Br)ccc2o1. The number of aliphatic hydroxyl groups excluding tert-OH is 1. The van der Waals surface area contributed by atoms with Gasteiger partial charge in [0.05, 0.1) is 18.2 Å². The molecule has 0 aliphatic carbocycles. The number of benzene rings is 2. The van der Waals surface area contributed by atoms with E-state index in [4.69, 9.17) is 16.0 Å². The van der Waals surface area contributed by atoms with Gasteiger partial charge in [-0.2, -0.15) is 0 Å². The van der Waals surface area contributed by atoms with Crippen molar-refractivity contribution in [3.05, 3.63) is 103 Å². The number of rotatable bonds is 5. The van der Waals surface area contributed by atoms with Crippen molar-refractivity contribution in [2.75, 3.05) is 0 Å². The summed E-state index contributed by atoms with van der Waals surface area (Å²) in [7, 11) is 0. The molecule has 2 aromatic carbocycles. The van der Waals surface area contributed by atoms with Crippen LogP contribution >= 0.6 is 38.9 Å². The van der Waals surface area contributed by atoms with Crippen LogP contribution in [0.15, 0.2) is 86.3 Å². The molecule has 0 bridgehead atoms. The molecule has 0 radical (unpaired) electrons. The second-order valence-corrected chi connectivity index (χ2v) is 9.74. The minimum absolute atomic E-state index is 0.00741. The minimum atomic E-state index is -0.769. The third kappa shape index (κ3) is 3.66. The zero-order chi connectivity index (χ0) is 22.4. The summed E-state index contributed by atoms with van der Waals surface area (Å²) in [5, 5.41) is 14.0. The summed E-state index contributed by atoms with van der Waals surface area (Å²) >= 11 is 11.0. The van der Waals surface area contributed by atoms with Crippen LogP contribution in [-0.2, 0) is 11.3 Å². The van der Waals surface area contributed by atoms with Crippen molar-refractivity contribution in [1.82, 2.24) is 4.90 Å². The third-order valence-electron chi connectivity index (χ3n) is 5.34. The molecular formula is C24H15BrClNO4S. The first-order chi connectivity index (χ1) is 15.4. The van der Waals surface area contributed by atoms with Crippen molar-refractivity contribution in [1.29, 1.82) is 0 Å². The minimum Gasteiger partial charge on any atom is -0.503 e. The Kier molecular flexibility index (Phi) is 5.41. The number of ketones is 1. The van der Waals surface area contributed by atoms with Gasteiger partial charge in [-0.3, -0.25) is 9.59 Å². The van der Waals surface area contributed by atoms with E-state index < -0.39 is 23.5 Å². The molecule has 1 amide bonds. The normalized spacial score (nSPS) is 16.4. The number of carbonyl (C=O) groups excluding carboxylic acids is 2. The van der Waals surface area contributed by atoms with E-state index in [0.717, 1.165) is 14.7 Å². The second-order valence-electron chi connectivity index (χ2n) is 7.35. The van der Waals surface area contributed by atoms with E-state index in [1.807, 2.05) is 29.6 Å². The van der Waals surface area contributed by atoms with Crippen LogP contribution in [0, 0.1) is 0 Å². The number of carbonyl (C=O) groups is 2. The average molecular weight is 529 g/mol. The molecule has 32 heavy (non-hydrogen) atoms. The number of Topliss-reactive ketones (excluding diaryl/α,β-unsaturated/α-hetero) is 1. The molecule has 4 aromatic rings. The highest BCUT2D eigenvalue weighted by Crippen LogP contribution is 2.41. The van der Waals surface area contributed by atoms with Crippen LogP contribution < -0.4 is 0 Å². The van der Waals surface area contributed by atoms with Gasteiger partial charge in [-0.15, -0.1) is 11.3 Å². The smallest absolute Gasteiger partial charge is 0.290 e. The Bertz CT molecular complexity index is 1380. The lowest BCUT2D eigenvalue weighted by molar-refractivity contribution is -0.130. The van der Waals surface area contributed by atoms with Gasteiger partial charge in [0.1, 0.15) is 5.58 Å². The molecule has 1 atom stereocenters. The first kappa shape index (κ1) is 21.0. The molecule has 0 spiro atoms. The number of furan rings is 1. The van der Waals surface area contributed by atoms with Crippen molar-refractivity contribution < 1.29 is 19.1 Å². The predicted molar refractivity (Wildman–Crippen MR) is 127 cm³/mol. The van der Waals surface area contributed by atoms with E-state index >= 15 is 0 Å². The maximum absolute atomic E-state index is 13.5. The molecule has 0 saturated carbocycles. The Hall–Kier alpha value is -2.87. The fourth-order valence-electron chi connectivity index (χ4n) is 3.87. The molecule has 160 valence electrons. The number of hydrogen-bond donors (Lipinski definition) is 1. The molecule has 1 aliphatic rings. The first-order valence-electron chi connectivity index (χ1n) is 9.68. The van der Waals surface area contributed by atoms with Crippen LogP contribution in [0.25, 0.3) is 11.0 Å². The summed E-state index contributed by atoms with van der Waals surface area (Å²) in [4.78, 5) is 29.0. The van der Waals surface area contributed by atoms with Gasteiger partial charge in [0.25, 0.3) is 5.91 Å². The summed E-state index contributed by atoms with van der Waals surface area (Å²) in [6.07, 6.45) is 0. The zero-order valence-electron chi connectivity index (χ0n) is 16.4. The van der Waals surface area contributed by atoms with Gasteiger partial charge in [0, 0.05) is 19.8 Å². The quantitative estimate of drug-likeness (QED) is 0.293. The van der Waals surface area contributed by atoms with E-state index in [1.165, 1.54) is 16.2 Å². The van der Waals surface area contributed by atoms with Crippen molar-refractivity contribution in [3.8, 4) is 0 Å². The predicted octanol–water partition coefficient (Wildman–Crippen LogP) is 6.69. The summed E-state index contributed by atoms with van der Waals surface area (Å²) in [5.41, 5.74) is 1.21. The van der Waals surface area contributed by atoms with Crippen molar-refractivity contribution in [2.24, 2.45) is 0 Å². The summed E-state index contributed by atoms with van der Waals surface area (Å²) in [6.45, 7) is 0.262. The van der Waals surface area contributed by atoms with E-state index in [2.05, 4.69) is 15.9 Å². The lowest BCUT2D eigenvalue weighted by atomic mass is 9.95. The Morgan fingerprint density at radius 2 is 1.94 bits per heavy atom. The molecule has 1 unspecified atom stereocenters. The van der Waals surface area contributed by atoms with Gasteiger partial charge in [-0.25, -0.2) is 0 Å². The fraction of sp³-hybridized carbons (Fsp3) is 0.0833. The molecule has 0 fully saturated rings. The third-order valence-corrected chi connectivity index (χ3v) is 6.95. The van der Waals surface area contributed by atoms with Gasteiger partial charge >= 0.3 is 0 Å². The standard InChI is InChI=1S/C24H15BrClNO4S/c25-15-5-8-18-14(10-15)11-19(31-18)22(28)20-21(13-3-6-16(26)7-4-13)27(24(30)23(20)29)12-17-2-1-9-32-17/h1-11,21,29H,12H2. The highest BCUT2D eigenvalue weighted by Gasteiger charge is 2.44. The molecule has 5 rings (SSSR count). The number of nitrogens with zero attached hydrogens (tertiary/aromatic N) is 1. The molecule has 8 heteroatoms. The largest absolute Gasteiger partial charge is 0.503 e. The van der Waals surface area contributed by atoms with Crippen LogP contribution in [0.5, 0.6) is 0 Å². The fourth-order valence-corrected chi connectivity index (χ4v) is 5.08. The summed E-state index contributed by atoms with van der Waals surface area (Å²) in [5.74, 6) is -1.63. The monoisotopic (exact) mass is 527 g/mol. The van der Waals surface area contributed by atoms with Crippen LogP contribution in [0.1, 0.15) is 27.0 Å². The second kappa shape index (κ2) is 8.24. The van der Waals surface area contributed by atoms with Crippen LogP contribution in [0.3, 0.4) is 0 Å². The van der Waals surface area contributed by atoms with Gasteiger partial charge in [0.15, 0.2) is 11.5 Å². The Balaban J connectivity index is 1.60. The molecule has 0 saturated heterocycles. The maximum atomic E-state index is 13.5. The first-order valence-corrected chi connectivity index (χ1v) is 11.7. The van der Waals surface area contributed by atoms with Crippen LogP contribution in [0.2, 0.25) is 5.02 Å². The summed E-state index contributed by atoms with van der Waals surface area (Å²) < 4.78 is 6.61. The number of fused-ring (bicyclic) bond motifs is 1. The van der Waals surface area contributed by atoms with Crippen molar-refractivity contribution >= 4 is 61.5 Å². The Morgan fingerprint density at radius 3 is 2.66 bits per heavy atom. The molecular weight excluding hydrogens is 514 g/mol. The molecule has 1 aliphatic heterocycles. The van der Waals surface area contributed by atoms with E-state index in [-0.39, 0.29) is 17.9 Å². The van der Waals surface area contributed by atoms with E-state index in [1.54, 1.807) is 36.4 Å². The number of halogens is 2. The van der Waals surface area contributed by atoms with Gasteiger partial charge in [-0.05, 0) is 53.4 Å². The molecule has 3 heterocycles. The number of amides is 1. The van der Waals surface area contributed by atoms with E-state index in [9.17, 15) is 14.7 Å². The Labute approximate surface area is 200 Å². The Morgan fingerprint density at radius 1 is 1.16 bits per heavy atom. The molecule has 1 N–H and O–H groups in total. The van der Waals surface area contributed by atoms with Crippen LogP contribution in [0.4, 0.5) is 0 Å². The zero-order valence-corrected chi connectivity index (χ0v) is 19.6. The van der Waals surface area contributed by atoms with Gasteiger partial charge in [-0.1, -0.05) is 45.7 Å². The average Bonchev–Trinajstić information content (AvgIpc) is 3.49. The van der Waals surface area contributed by atoms with Gasteiger partial charge in [0.2, 0.25) is 5.78 Å². The molecule has 5 nitrogen and oxygen atoms in total. The number of thiophene rings is 1. The maximum Gasteiger partial charge on any atom is 0.290 e. The highest BCUT2D eigenvalue weighted by atomic mass is 79.9. The number of aliphatic hydroxyl groups is 1. The van der Waals surface area contributed by atoms with Crippen molar-refractivity contribution in [2.45, 2.75) is 12.6 Å². The molecule has 2 aromatic heterocycles. The lowest BCUT2D eigenvalue weighted by Crippen LogP contribution is -2.30. The number of hydrogen-bond acceptors (Lipinski definition) is 5.